The zero-order valence-corrected chi connectivity index (χ0v) is 9.86. The van der Waals surface area contributed by atoms with Crippen LogP contribution in [0.5, 0.6) is 0 Å². The molecule has 1 aromatic heterocycles. The van der Waals surface area contributed by atoms with E-state index in [2.05, 4.69) is 0 Å². The molecular weight excluding hydrogens is 233 g/mol. The minimum Gasteiger partial charge on any atom is -0.341 e. The Labute approximate surface area is 97.4 Å². The summed E-state index contributed by atoms with van der Waals surface area (Å²) in [5.74, 6) is 0. The third-order valence-electron chi connectivity index (χ3n) is 2.57. The largest absolute Gasteiger partial charge is 0.341 e. The lowest BCUT2D eigenvalue weighted by atomic mass is 10.2. The van der Waals surface area contributed by atoms with Crippen LogP contribution in [0.1, 0.15) is 16.1 Å². The van der Waals surface area contributed by atoms with Crippen LogP contribution in [0.3, 0.4) is 0 Å². The fourth-order valence-electron chi connectivity index (χ4n) is 1.66. The number of fused-ring (bicyclic) bond motifs is 1. The minimum atomic E-state index is 0.510. The van der Waals surface area contributed by atoms with Crippen molar-refractivity contribution < 1.29 is 4.79 Å². The molecule has 1 heterocycles. The normalized spacial score (nSPS) is 10.9. The molecule has 0 saturated heterocycles. The first-order chi connectivity index (χ1) is 7.06. The van der Waals surface area contributed by atoms with E-state index in [1.54, 1.807) is 10.6 Å². The molecule has 78 valence electrons. The number of benzene rings is 1. The number of aldehydes is 1. The number of rotatable bonds is 1. The lowest BCUT2D eigenvalue weighted by molar-refractivity contribution is 0.111. The number of hydrogen-bond acceptors (Lipinski definition) is 1. The zero-order valence-electron chi connectivity index (χ0n) is 8.34. The van der Waals surface area contributed by atoms with Crippen LogP contribution in [0.15, 0.2) is 12.1 Å². The molecule has 0 saturated carbocycles. The molecule has 0 aliphatic rings. The third kappa shape index (κ3) is 1.45. The van der Waals surface area contributed by atoms with Crippen LogP contribution in [0, 0.1) is 6.92 Å². The third-order valence-corrected chi connectivity index (χ3v) is 3.54. The van der Waals surface area contributed by atoms with Crippen molar-refractivity contribution in [3.05, 3.63) is 33.4 Å². The monoisotopic (exact) mass is 241 g/mol. The molecule has 0 atom stereocenters. The predicted molar refractivity (Wildman–Crippen MR) is 63.1 cm³/mol. The Kier molecular flexibility index (Phi) is 2.49. The number of halogens is 2. The molecule has 0 unspecified atom stereocenters. The van der Waals surface area contributed by atoms with Gasteiger partial charge in [0, 0.05) is 12.4 Å². The average molecular weight is 242 g/mol. The van der Waals surface area contributed by atoms with E-state index in [1.807, 2.05) is 20.0 Å². The Morgan fingerprint density at radius 3 is 2.53 bits per heavy atom. The van der Waals surface area contributed by atoms with Gasteiger partial charge in [0.1, 0.15) is 0 Å². The molecule has 4 heteroatoms. The standard InChI is InChI=1S/C11H9Cl2NO/c1-6-3-9-8(11(13)10(6)12)4-7(5-15)14(9)2/h3-5H,1-2H3. The number of carbonyl (C=O) groups excluding carboxylic acids is 1. The maximum absolute atomic E-state index is 10.8. The van der Waals surface area contributed by atoms with E-state index in [-0.39, 0.29) is 0 Å². The zero-order chi connectivity index (χ0) is 11.2. The molecule has 0 N–H and O–H groups in total. The van der Waals surface area contributed by atoms with Gasteiger partial charge < -0.3 is 4.57 Å². The molecule has 1 aromatic carbocycles. The minimum absolute atomic E-state index is 0.510. The van der Waals surface area contributed by atoms with Crippen LogP contribution in [0.25, 0.3) is 10.9 Å². The van der Waals surface area contributed by atoms with E-state index in [0.717, 1.165) is 22.8 Å². The fourth-order valence-corrected chi connectivity index (χ4v) is 2.12. The van der Waals surface area contributed by atoms with Crippen LogP contribution < -0.4 is 0 Å². The van der Waals surface area contributed by atoms with Gasteiger partial charge in [-0.05, 0) is 24.6 Å². The van der Waals surface area contributed by atoms with Gasteiger partial charge in [0.05, 0.1) is 21.3 Å². The first-order valence-electron chi connectivity index (χ1n) is 4.45. The van der Waals surface area contributed by atoms with Crippen molar-refractivity contribution in [2.75, 3.05) is 0 Å². The van der Waals surface area contributed by atoms with Crippen molar-refractivity contribution in [1.82, 2.24) is 4.57 Å². The summed E-state index contributed by atoms with van der Waals surface area (Å²) in [6.45, 7) is 1.89. The highest BCUT2D eigenvalue weighted by Gasteiger charge is 2.12. The number of nitrogens with zero attached hydrogens (tertiary/aromatic N) is 1. The molecule has 0 spiro atoms. The van der Waals surface area contributed by atoms with E-state index in [9.17, 15) is 4.79 Å². The molecule has 2 rings (SSSR count). The maximum atomic E-state index is 10.8. The summed E-state index contributed by atoms with van der Waals surface area (Å²) in [5, 5.41) is 1.87. The van der Waals surface area contributed by atoms with Crippen molar-refractivity contribution in [3.63, 3.8) is 0 Å². The second-order valence-electron chi connectivity index (χ2n) is 3.50. The molecule has 0 aliphatic carbocycles. The van der Waals surface area contributed by atoms with Gasteiger partial charge in [0.15, 0.2) is 6.29 Å². The van der Waals surface area contributed by atoms with Crippen LogP contribution in [0.4, 0.5) is 0 Å². The van der Waals surface area contributed by atoms with Crippen molar-refractivity contribution in [2.45, 2.75) is 6.92 Å². The number of aromatic nitrogens is 1. The Hall–Kier alpha value is -0.990. The van der Waals surface area contributed by atoms with Crippen LogP contribution in [-0.2, 0) is 7.05 Å². The Bertz CT molecular complexity index is 557. The summed E-state index contributed by atoms with van der Waals surface area (Å²) >= 11 is 12.1. The molecule has 0 aliphatic heterocycles. The van der Waals surface area contributed by atoms with Gasteiger partial charge in [-0.15, -0.1) is 0 Å². The summed E-state index contributed by atoms with van der Waals surface area (Å²) in [7, 11) is 1.83. The van der Waals surface area contributed by atoms with Gasteiger partial charge in [-0.1, -0.05) is 23.2 Å². The highest BCUT2D eigenvalue weighted by atomic mass is 35.5. The van der Waals surface area contributed by atoms with Crippen LogP contribution >= 0.6 is 23.2 Å². The highest BCUT2D eigenvalue weighted by Crippen LogP contribution is 2.34. The molecule has 0 amide bonds. The van der Waals surface area contributed by atoms with E-state index >= 15 is 0 Å². The molecule has 0 bridgehead atoms. The van der Waals surface area contributed by atoms with Gasteiger partial charge in [-0.25, -0.2) is 0 Å². The number of hydrogen-bond donors (Lipinski definition) is 0. The Morgan fingerprint density at radius 1 is 1.27 bits per heavy atom. The van der Waals surface area contributed by atoms with E-state index in [0.29, 0.717) is 15.7 Å². The van der Waals surface area contributed by atoms with E-state index in [4.69, 9.17) is 23.2 Å². The van der Waals surface area contributed by atoms with Crippen molar-refractivity contribution in [3.8, 4) is 0 Å². The highest BCUT2D eigenvalue weighted by molar-refractivity contribution is 6.45. The van der Waals surface area contributed by atoms with Gasteiger partial charge in [0.2, 0.25) is 0 Å². The lowest BCUT2D eigenvalue weighted by Crippen LogP contribution is -1.93. The second-order valence-corrected chi connectivity index (χ2v) is 4.26. The summed E-state index contributed by atoms with van der Waals surface area (Å²) in [5.41, 5.74) is 2.42. The molecule has 0 fully saturated rings. The van der Waals surface area contributed by atoms with Gasteiger partial charge in [-0.2, -0.15) is 0 Å². The first kappa shape index (κ1) is 10.5. The topological polar surface area (TPSA) is 22.0 Å². The number of carbonyl (C=O) groups is 1. The molecule has 2 aromatic rings. The summed E-state index contributed by atoms with van der Waals surface area (Å²) in [4.78, 5) is 10.8. The van der Waals surface area contributed by atoms with Crippen molar-refractivity contribution >= 4 is 40.4 Å². The Balaban J connectivity index is 2.95. The Morgan fingerprint density at radius 2 is 1.93 bits per heavy atom. The fraction of sp³-hybridized carbons (Fsp3) is 0.182. The van der Waals surface area contributed by atoms with Crippen LogP contribution in [-0.4, -0.2) is 10.9 Å². The summed E-state index contributed by atoms with van der Waals surface area (Å²) < 4.78 is 1.80. The van der Waals surface area contributed by atoms with Gasteiger partial charge in [-0.3, -0.25) is 4.79 Å². The molecule has 2 nitrogen and oxygen atoms in total. The van der Waals surface area contributed by atoms with Gasteiger partial charge in [0.25, 0.3) is 0 Å². The quantitative estimate of drug-likeness (QED) is 0.700. The van der Waals surface area contributed by atoms with E-state index in [1.165, 1.54) is 0 Å². The van der Waals surface area contributed by atoms with E-state index < -0.39 is 0 Å². The second kappa shape index (κ2) is 3.54. The van der Waals surface area contributed by atoms with Gasteiger partial charge >= 0.3 is 0 Å². The first-order valence-corrected chi connectivity index (χ1v) is 5.21. The molecule has 15 heavy (non-hydrogen) atoms. The molecule has 0 radical (unpaired) electrons. The van der Waals surface area contributed by atoms with Crippen LogP contribution in [0.2, 0.25) is 10.0 Å². The SMILES string of the molecule is Cc1cc2c(cc(C=O)n2C)c(Cl)c1Cl. The maximum Gasteiger partial charge on any atom is 0.166 e. The smallest absolute Gasteiger partial charge is 0.166 e. The summed E-state index contributed by atoms with van der Waals surface area (Å²) in [6.07, 6.45) is 0.805. The van der Waals surface area contributed by atoms with Crippen molar-refractivity contribution in [1.29, 1.82) is 0 Å². The average Bonchev–Trinajstić information content (AvgIpc) is 2.53. The predicted octanol–water partition coefficient (Wildman–Crippen LogP) is 3.61. The lowest BCUT2D eigenvalue weighted by Gasteiger charge is -2.04. The number of aryl methyl sites for hydroxylation is 2. The summed E-state index contributed by atoms with van der Waals surface area (Å²) in [6, 6.07) is 3.67. The molecular formula is C11H9Cl2NO. The van der Waals surface area contributed by atoms with Crippen molar-refractivity contribution in [2.24, 2.45) is 7.05 Å².